The van der Waals surface area contributed by atoms with Crippen LogP contribution in [0.1, 0.15) is 35.4 Å². The lowest BCUT2D eigenvalue weighted by Gasteiger charge is -2.38. The molecule has 5 rings (SSSR count). The first-order chi connectivity index (χ1) is 15.1. The van der Waals surface area contributed by atoms with E-state index in [9.17, 15) is 0 Å². The summed E-state index contributed by atoms with van der Waals surface area (Å²) < 4.78 is 17.3. The fraction of sp³-hybridized carbons (Fsp3) is 0.208. The first kappa shape index (κ1) is 20.0. The molecule has 0 fully saturated rings. The van der Waals surface area contributed by atoms with Gasteiger partial charge in [-0.2, -0.15) is 5.10 Å². The van der Waals surface area contributed by atoms with Crippen molar-refractivity contribution in [1.29, 1.82) is 0 Å². The number of halogens is 2. The molecule has 0 unspecified atom stereocenters. The molecule has 31 heavy (non-hydrogen) atoms. The molecule has 158 valence electrons. The standard InChI is InChI=1S/C24H20Cl2N2O3/c1-29-22-10-7-14(11-23(22)30-2)24-28-20(17-5-3-4-6-21(17)31-24)13-19(27-28)16-9-8-15(25)12-18(16)26/h3-12,20,24H,13H2,1-2H3/t20-,24-/m1/s1. The summed E-state index contributed by atoms with van der Waals surface area (Å²) in [7, 11) is 3.24. The summed E-state index contributed by atoms with van der Waals surface area (Å²) in [4.78, 5) is 0. The van der Waals surface area contributed by atoms with Gasteiger partial charge in [0.1, 0.15) is 5.75 Å². The summed E-state index contributed by atoms with van der Waals surface area (Å²) in [5.41, 5.74) is 3.80. The van der Waals surface area contributed by atoms with Crippen LogP contribution in [0.5, 0.6) is 17.2 Å². The van der Waals surface area contributed by atoms with Gasteiger partial charge in [0.2, 0.25) is 6.23 Å². The van der Waals surface area contributed by atoms with E-state index in [1.807, 2.05) is 53.5 Å². The van der Waals surface area contributed by atoms with E-state index in [1.54, 1.807) is 20.3 Å². The maximum Gasteiger partial charge on any atom is 0.214 e. The number of nitrogens with zero attached hydrogens (tertiary/aromatic N) is 2. The van der Waals surface area contributed by atoms with Crippen LogP contribution in [0.25, 0.3) is 0 Å². The smallest absolute Gasteiger partial charge is 0.214 e. The summed E-state index contributed by atoms with van der Waals surface area (Å²) in [6.45, 7) is 0. The first-order valence-electron chi connectivity index (χ1n) is 9.88. The van der Waals surface area contributed by atoms with Gasteiger partial charge in [-0.05, 0) is 36.4 Å². The van der Waals surface area contributed by atoms with Crippen LogP contribution in [0.15, 0.2) is 65.8 Å². The van der Waals surface area contributed by atoms with Gasteiger partial charge in [-0.1, -0.05) is 47.5 Å². The molecule has 0 radical (unpaired) electrons. The molecule has 0 spiro atoms. The summed E-state index contributed by atoms with van der Waals surface area (Å²) >= 11 is 12.6. The maximum atomic E-state index is 6.49. The highest BCUT2D eigenvalue weighted by atomic mass is 35.5. The normalized spacial score (nSPS) is 19.2. The first-order valence-corrected chi connectivity index (χ1v) is 10.6. The quantitative estimate of drug-likeness (QED) is 0.466. The molecule has 3 aromatic carbocycles. The second-order valence-electron chi connectivity index (χ2n) is 7.39. The Morgan fingerprint density at radius 2 is 1.77 bits per heavy atom. The van der Waals surface area contributed by atoms with Crippen LogP contribution in [-0.4, -0.2) is 24.9 Å². The second kappa shape index (κ2) is 7.98. The number of hydrogen-bond acceptors (Lipinski definition) is 5. The van der Waals surface area contributed by atoms with Gasteiger partial charge in [0.05, 0.1) is 31.0 Å². The molecule has 0 bridgehead atoms. The molecular weight excluding hydrogens is 435 g/mol. The molecule has 3 aromatic rings. The zero-order valence-corrected chi connectivity index (χ0v) is 18.5. The minimum Gasteiger partial charge on any atom is -0.493 e. The number of hydrogen-bond donors (Lipinski definition) is 0. The topological polar surface area (TPSA) is 43.3 Å². The third-order valence-electron chi connectivity index (χ3n) is 5.63. The van der Waals surface area contributed by atoms with Crippen LogP contribution in [0.2, 0.25) is 10.0 Å². The van der Waals surface area contributed by atoms with E-state index in [-0.39, 0.29) is 6.04 Å². The number of hydrazone groups is 1. The molecule has 0 aromatic heterocycles. The lowest BCUT2D eigenvalue weighted by Crippen LogP contribution is -2.33. The molecule has 7 heteroatoms. The summed E-state index contributed by atoms with van der Waals surface area (Å²) in [6.07, 6.45) is 0.300. The van der Waals surface area contributed by atoms with Gasteiger partial charge in [0.15, 0.2) is 11.5 Å². The number of ether oxygens (including phenoxy) is 3. The van der Waals surface area contributed by atoms with Gasteiger partial charge in [-0.15, -0.1) is 0 Å². The van der Waals surface area contributed by atoms with Crippen molar-refractivity contribution in [3.8, 4) is 17.2 Å². The Bertz CT molecular complexity index is 1180. The van der Waals surface area contributed by atoms with Crippen molar-refractivity contribution in [3.63, 3.8) is 0 Å². The van der Waals surface area contributed by atoms with Crippen LogP contribution in [-0.2, 0) is 0 Å². The summed E-state index contributed by atoms with van der Waals surface area (Å²) in [5.74, 6) is 2.16. The lowest BCUT2D eigenvalue weighted by atomic mass is 9.96. The number of methoxy groups -OCH3 is 2. The van der Waals surface area contributed by atoms with Crippen LogP contribution in [0.3, 0.4) is 0 Å². The van der Waals surface area contributed by atoms with Crippen LogP contribution in [0, 0.1) is 0 Å². The van der Waals surface area contributed by atoms with E-state index >= 15 is 0 Å². The molecule has 0 amide bonds. The van der Waals surface area contributed by atoms with Gasteiger partial charge < -0.3 is 14.2 Å². The number of fused-ring (bicyclic) bond motifs is 3. The number of para-hydroxylation sites is 1. The molecule has 0 saturated heterocycles. The highest BCUT2D eigenvalue weighted by molar-refractivity contribution is 6.37. The molecule has 0 saturated carbocycles. The van der Waals surface area contributed by atoms with E-state index < -0.39 is 6.23 Å². The van der Waals surface area contributed by atoms with Gasteiger partial charge in [-0.3, -0.25) is 0 Å². The fourth-order valence-corrected chi connectivity index (χ4v) is 4.66. The van der Waals surface area contributed by atoms with Crippen molar-refractivity contribution in [2.75, 3.05) is 14.2 Å². The summed E-state index contributed by atoms with van der Waals surface area (Å²) in [6, 6.07) is 19.4. The number of benzene rings is 3. The third kappa shape index (κ3) is 3.48. The minimum absolute atomic E-state index is 0.0322. The Hall–Kier alpha value is -2.89. The van der Waals surface area contributed by atoms with Crippen molar-refractivity contribution in [2.45, 2.75) is 18.7 Å². The molecular formula is C24H20Cl2N2O3. The molecule has 2 heterocycles. The van der Waals surface area contributed by atoms with Crippen molar-refractivity contribution in [3.05, 3.63) is 87.4 Å². The zero-order chi connectivity index (χ0) is 21.5. The Morgan fingerprint density at radius 3 is 2.55 bits per heavy atom. The Labute approximate surface area is 190 Å². The van der Waals surface area contributed by atoms with Crippen LogP contribution < -0.4 is 14.2 Å². The average molecular weight is 455 g/mol. The van der Waals surface area contributed by atoms with Gasteiger partial charge in [0.25, 0.3) is 0 Å². The monoisotopic (exact) mass is 454 g/mol. The highest BCUT2D eigenvalue weighted by Crippen LogP contribution is 2.48. The third-order valence-corrected chi connectivity index (χ3v) is 6.18. The largest absolute Gasteiger partial charge is 0.493 e. The van der Waals surface area contributed by atoms with E-state index in [0.29, 0.717) is 28.0 Å². The zero-order valence-electron chi connectivity index (χ0n) is 17.0. The van der Waals surface area contributed by atoms with Gasteiger partial charge in [-0.25, -0.2) is 5.01 Å². The summed E-state index contributed by atoms with van der Waals surface area (Å²) in [5, 5.41) is 8.14. The Balaban J connectivity index is 1.60. The molecule has 0 aliphatic carbocycles. The van der Waals surface area contributed by atoms with Crippen molar-refractivity contribution in [2.24, 2.45) is 5.10 Å². The predicted molar refractivity (Wildman–Crippen MR) is 122 cm³/mol. The minimum atomic E-state index is -0.414. The van der Waals surface area contributed by atoms with Crippen LogP contribution in [0.4, 0.5) is 0 Å². The van der Waals surface area contributed by atoms with Crippen molar-refractivity contribution in [1.82, 2.24) is 5.01 Å². The lowest BCUT2D eigenvalue weighted by molar-refractivity contribution is -0.0191. The second-order valence-corrected chi connectivity index (χ2v) is 8.24. The molecule has 2 atom stereocenters. The molecule has 2 aliphatic rings. The van der Waals surface area contributed by atoms with Crippen LogP contribution >= 0.6 is 23.2 Å². The average Bonchev–Trinajstić information content (AvgIpc) is 3.23. The molecule has 0 N–H and O–H groups in total. The van der Waals surface area contributed by atoms with E-state index in [1.165, 1.54) is 0 Å². The van der Waals surface area contributed by atoms with Gasteiger partial charge in [0, 0.05) is 28.1 Å². The fourth-order valence-electron chi connectivity index (χ4n) is 4.15. The van der Waals surface area contributed by atoms with E-state index in [4.69, 9.17) is 42.5 Å². The highest BCUT2D eigenvalue weighted by Gasteiger charge is 2.41. The Morgan fingerprint density at radius 1 is 0.968 bits per heavy atom. The molecule has 5 nitrogen and oxygen atoms in total. The number of rotatable bonds is 4. The predicted octanol–water partition coefficient (Wildman–Crippen LogP) is 6.25. The van der Waals surface area contributed by atoms with E-state index in [0.717, 1.165) is 28.2 Å². The van der Waals surface area contributed by atoms with Crippen molar-refractivity contribution < 1.29 is 14.2 Å². The van der Waals surface area contributed by atoms with Crippen molar-refractivity contribution >= 4 is 28.9 Å². The maximum absolute atomic E-state index is 6.49. The van der Waals surface area contributed by atoms with E-state index in [2.05, 4.69) is 6.07 Å². The van der Waals surface area contributed by atoms with Gasteiger partial charge >= 0.3 is 0 Å². The SMILES string of the molecule is COc1ccc([C@H]2Oc3ccccc3[C@H]3CC(c4ccc(Cl)cc4Cl)=NN32)cc1OC. The Kier molecular flexibility index (Phi) is 5.16. The molecule has 2 aliphatic heterocycles.